The number of hydrogen-bond donors (Lipinski definition) is 3. The number of aliphatic hydroxyl groups is 3. The number of likely N-dealkylation sites (tertiary alicyclic amines) is 1. The van der Waals surface area contributed by atoms with Crippen molar-refractivity contribution in [2.24, 2.45) is 28.1 Å². The Balaban J connectivity index is 1.31. The SMILES string of the molecule is CC1=C2[C@@H](O)C(=O)[C@@]3(C)C([C@H](C)[C@](O)(C[C@@H]1OC(=O)[C@H](OC(=O)CCCN1CCCCC1)[C@@H](C)c1ccccc1)C2(C)C)[C@]1(C)CO[C@@H]1C[C@@H]3O. The van der Waals surface area contributed by atoms with Crippen molar-refractivity contribution < 1.29 is 43.9 Å². The van der Waals surface area contributed by atoms with Crippen LogP contribution in [0.25, 0.3) is 0 Å². The average Bonchev–Trinajstić information content (AvgIpc) is 3.10. The first-order valence-electron chi connectivity index (χ1n) is 19.1. The zero-order valence-electron chi connectivity index (χ0n) is 31.5. The molecule has 2 saturated carbocycles. The summed E-state index contributed by atoms with van der Waals surface area (Å²) >= 11 is 0. The number of piperidine rings is 1. The molecule has 10 nitrogen and oxygen atoms in total. The van der Waals surface area contributed by atoms with Gasteiger partial charge in [0.1, 0.15) is 12.2 Å². The molecular formula is C41H59NO9. The second-order valence-corrected chi connectivity index (χ2v) is 17.3. The fraction of sp³-hybridized carbons (Fsp3) is 0.732. The number of aliphatic hydroxyl groups excluding tert-OH is 2. The Morgan fingerprint density at radius 3 is 2.35 bits per heavy atom. The molecule has 1 unspecified atom stereocenters. The van der Waals surface area contributed by atoms with E-state index in [4.69, 9.17) is 14.2 Å². The molecule has 0 amide bonds. The van der Waals surface area contributed by atoms with Crippen molar-refractivity contribution >= 4 is 17.7 Å². The molecule has 3 N–H and O–H groups in total. The topological polar surface area (TPSA) is 143 Å². The number of carbonyl (C=O) groups is 3. The first kappa shape index (κ1) is 38.1. The molecule has 282 valence electrons. The number of rotatable bonds is 9. The van der Waals surface area contributed by atoms with E-state index in [-0.39, 0.29) is 25.4 Å². The third-order valence-electron chi connectivity index (χ3n) is 14.1. The summed E-state index contributed by atoms with van der Waals surface area (Å²) in [5, 5.41) is 36.5. The minimum absolute atomic E-state index is 0.00362. The van der Waals surface area contributed by atoms with Gasteiger partial charge in [0.2, 0.25) is 6.10 Å². The molecule has 4 fully saturated rings. The summed E-state index contributed by atoms with van der Waals surface area (Å²) in [5.41, 5.74) is -2.93. The highest BCUT2D eigenvalue weighted by atomic mass is 16.6. The monoisotopic (exact) mass is 709 g/mol. The number of esters is 2. The molecular weight excluding hydrogens is 650 g/mol. The smallest absolute Gasteiger partial charge is 0.348 e. The third-order valence-corrected chi connectivity index (χ3v) is 14.1. The highest BCUT2D eigenvalue weighted by Gasteiger charge is 2.73. The van der Waals surface area contributed by atoms with E-state index >= 15 is 0 Å². The van der Waals surface area contributed by atoms with Crippen molar-refractivity contribution in [1.82, 2.24) is 4.90 Å². The van der Waals surface area contributed by atoms with Crippen LogP contribution >= 0.6 is 0 Å². The van der Waals surface area contributed by atoms with Crippen LogP contribution in [0.2, 0.25) is 0 Å². The Labute approximate surface area is 302 Å². The van der Waals surface area contributed by atoms with E-state index in [0.29, 0.717) is 24.2 Å². The van der Waals surface area contributed by atoms with Crippen LogP contribution in [0.5, 0.6) is 0 Å². The van der Waals surface area contributed by atoms with Crippen LogP contribution in [0.1, 0.15) is 105 Å². The maximum absolute atomic E-state index is 14.5. The summed E-state index contributed by atoms with van der Waals surface area (Å²) in [6.45, 7) is 16.1. The molecule has 5 aliphatic rings. The highest BCUT2D eigenvalue weighted by Crippen LogP contribution is 2.66. The number of benzene rings is 1. The molecule has 1 aromatic carbocycles. The Morgan fingerprint density at radius 2 is 1.73 bits per heavy atom. The highest BCUT2D eigenvalue weighted by molar-refractivity contribution is 5.93. The number of hydrogen-bond acceptors (Lipinski definition) is 10. The second kappa shape index (κ2) is 14.0. The van der Waals surface area contributed by atoms with Gasteiger partial charge in [-0.3, -0.25) is 9.59 Å². The molecule has 2 saturated heterocycles. The minimum Gasteiger partial charge on any atom is -0.455 e. The van der Waals surface area contributed by atoms with E-state index in [9.17, 15) is 29.7 Å². The van der Waals surface area contributed by atoms with Gasteiger partial charge in [-0.15, -0.1) is 0 Å². The molecule has 2 bridgehead atoms. The molecule has 1 aromatic rings. The van der Waals surface area contributed by atoms with E-state index < -0.39 is 81.7 Å². The summed E-state index contributed by atoms with van der Waals surface area (Å²) in [6, 6.07) is 9.36. The standard InChI is InChI=1S/C41H59NO9/c1-24(27-15-10-8-11-16-27)34(51-31(44)17-14-20-42-18-12-9-13-19-42)37(47)50-28-22-41(48)26(3)35-39(6)23-49-30(39)21-29(43)40(35,7)36(46)33(45)32(25(28)2)38(41,4)5/h8,10-11,15-16,24,26,28-30,33-35,43,45,48H,9,12-14,17-23H2,1-7H3/t24-,26-,28-,29-,30+,33+,34+,35?,39+,40+,41+/m0/s1. The van der Waals surface area contributed by atoms with Crippen LogP contribution in [0.3, 0.4) is 0 Å². The van der Waals surface area contributed by atoms with Crippen molar-refractivity contribution in [3.8, 4) is 0 Å². The predicted molar refractivity (Wildman–Crippen MR) is 190 cm³/mol. The lowest BCUT2D eigenvalue weighted by Crippen LogP contribution is -2.75. The van der Waals surface area contributed by atoms with E-state index in [1.165, 1.54) is 6.42 Å². The molecule has 0 aromatic heterocycles. The Kier molecular flexibility index (Phi) is 10.4. The summed E-state index contributed by atoms with van der Waals surface area (Å²) in [5.74, 6) is -3.35. The van der Waals surface area contributed by atoms with Gasteiger partial charge in [0.25, 0.3) is 0 Å². The molecule has 2 aliphatic heterocycles. The zero-order chi connectivity index (χ0) is 37.1. The van der Waals surface area contributed by atoms with Crippen LogP contribution in [-0.2, 0) is 28.6 Å². The molecule has 3 aliphatic carbocycles. The number of ether oxygens (including phenoxy) is 3. The van der Waals surface area contributed by atoms with Crippen molar-refractivity contribution in [1.29, 1.82) is 0 Å². The van der Waals surface area contributed by atoms with Gasteiger partial charge < -0.3 is 34.4 Å². The molecule has 10 heteroatoms. The number of nitrogens with zero attached hydrogens (tertiary/aromatic N) is 1. The van der Waals surface area contributed by atoms with Crippen LogP contribution in [-0.4, -0.2) is 100 Å². The number of Topliss-reactive ketones (excluding diaryl/α,β-unsaturated/α-hetero) is 1. The Bertz CT molecular complexity index is 1520. The summed E-state index contributed by atoms with van der Waals surface area (Å²) in [6.07, 6.45) is -0.620. The van der Waals surface area contributed by atoms with Gasteiger partial charge in [-0.1, -0.05) is 71.4 Å². The van der Waals surface area contributed by atoms with Crippen LogP contribution in [0.4, 0.5) is 0 Å². The van der Waals surface area contributed by atoms with Gasteiger partial charge in [0.05, 0.1) is 29.8 Å². The van der Waals surface area contributed by atoms with E-state index in [0.717, 1.165) is 38.0 Å². The number of ketones is 1. The summed E-state index contributed by atoms with van der Waals surface area (Å²) in [7, 11) is 0. The first-order chi connectivity index (χ1) is 24.0. The van der Waals surface area contributed by atoms with Crippen molar-refractivity contribution in [3.63, 3.8) is 0 Å². The maximum atomic E-state index is 14.5. The fourth-order valence-electron chi connectivity index (χ4n) is 10.9. The van der Waals surface area contributed by atoms with Gasteiger partial charge in [0, 0.05) is 36.0 Å². The second-order valence-electron chi connectivity index (χ2n) is 17.3. The van der Waals surface area contributed by atoms with Gasteiger partial charge in [-0.25, -0.2) is 4.79 Å². The molecule has 51 heavy (non-hydrogen) atoms. The Hall–Kier alpha value is -2.63. The fourth-order valence-corrected chi connectivity index (χ4v) is 10.9. The van der Waals surface area contributed by atoms with Crippen LogP contribution in [0, 0.1) is 28.1 Å². The lowest BCUT2D eigenvalue weighted by Gasteiger charge is -2.68. The van der Waals surface area contributed by atoms with Gasteiger partial charge in [-0.05, 0) is 81.3 Å². The average molecular weight is 710 g/mol. The number of fused-ring (bicyclic) bond motifs is 5. The molecule has 0 radical (unpaired) electrons. The third kappa shape index (κ3) is 6.20. The first-order valence-corrected chi connectivity index (χ1v) is 19.1. The van der Waals surface area contributed by atoms with Gasteiger partial charge in [0.15, 0.2) is 5.78 Å². The van der Waals surface area contributed by atoms with Crippen LogP contribution < -0.4 is 0 Å². The molecule has 6 rings (SSSR count). The van der Waals surface area contributed by atoms with E-state index in [1.54, 1.807) is 13.8 Å². The number of carbonyl (C=O) groups excluding carboxylic acids is 3. The molecule has 11 atom stereocenters. The zero-order valence-corrected chi connectivity index (χ0v) is 31.5. The quantitative estimate of drug-likeness (QED) is 0.243. The summed E-state index contributed by atoms with van der Waals surface area (Å²) < 4.78 is 18.1. The van der Waals surface area contributed by atoms with E-state index in [2.05, 4.69) is 4.90 Å². The van der Waals surface area contributed by atoms with Gasteiger partial charge >= 0.3 is 11.9 Å². The lowest BCUT2D eigenvalue weighted by molar-refractivity contribution is -0.302. The van der Waals surface area contributed by atoms with Crippen molar-refractivity contribution in [2.75, 3.05) is 26.2 Å². The van der Waals surface area contributed by atoms with Crippen molar-refractivity contribution in [2.45, 2.75) is 135 Å². The predicted octanol–water partition coefficient (Wildman–Crippen LogP) is 4.73. The summed E-state index contributed by atoms with van der Waals surface area (Å²) in [4.78, 5) is 44.4. The molecule has 0 spiro atoms. The van der Waals surface area contributed by atoms with Crippen molar-refractivity contribution in [3.05, 3.63) is 47.0 Å². The maximum Gasteiger partial charge on any atom is 0.348 e. The van der Waals surface area contributed by atoms with E-state index in [1.807, 2.05) is 65.0 Å². The van der Waals surface area contributed by atoms with Gasteiger partial charge in [-0.2, -0.15) is 0 Å². The minimum atomic E-state index is -1.64. The lowest BCUT2D eigenvalue weighted by atomic mass is 9.40. The largest absolute Gasteiger partial charge is 0.455 e. The van der Waals surface area contributed by atoms with Crippen LogP contribution in [0.15, 0.2) is 41.5 Å². The molecule has 2 heterocycles. The Morgan fingerprint density at radius 1 is 1.06 bits per heavy atom. The normalized spacial score (nSPS) is 39.0.